The molecule has 2 unspecified atom stereocenters. The second kappa shape index (κ2) is 5.93. The van der Waals surface area contributed by atoms with Crippen LogP contribution in [0.5, 0.6) is 0 Å². The normalized spacial score (nSPS) is 18.4. The molecule has 2 atom stereocenters. The van der Waals surface area contributed by atoms with Crippen molar-refractivity contribution in [3.05, 3.63) is 12.7 Å². The molecule has 0 fully saturated rings. The molecule has 0 saturated carbocycles. The molecule has 0 aliphatic rings. The van der Waals surface area contributed by atoms with E-state index in [2.05, 4.69) is 11.5 Å². The van der Waals surface area contributed by atoms with Crippen LogP contribution >= 0.6 is 0 Å². The summed E-state index contributed by atoms with van der Waals surface area (Å²) in [6.07, 6.45) is 1.87. The first-order valence-electron chi connectivity index (χ1n) is 5.27. The van der Waals surface area contributed by atoms with Crippen LogP contribution in [-0.4, -0.2) is 67.6 Å². The number of rotatable bonds is 7. The van der Waals surface area contributed by atoms with Gasteiger partial charge in [-0.25, -0.2) is 0 Å². The fourth-order valence-electron chi connectivity index (χ4n) is 1.99. The topological polar surface area (TPSA) is 30.9 Å². The van der Waals surface area contributed by atoms with Gasteiger partial charge in [0.15, 0.2) is 5.79 Å². The predicted molar refractivity (Wildman–Crippen MR) is 69.8 cm³/mol. The Kier molecular flexibility index (Phi) is 5.85. The maximum absolute atomic E-state index is 5.70. The van der Waals surface area contributed by atoms with Crippen LogP contribution in [0.3, 0.4) is 0 Å². The number of hydrogen-bond acceptors (Lipinski definition) is 4. The Balaban J connectivity index is 5.38. The third kappa shape index (κ3) is 2.54. The van der Waals surface area contributed by atoms with E-state index in [9.17, 15) is 0 Å². The van der Waals surface area contributed by atoms with Crippen molar-refractivity contribution in [1.29, 1.82) is 0 Å². The summed E-state index contributed by atoms with van der Waals surface area (Å²) < 4.78 is 16.7. The number of likely N-dealkylation sites (N-methyl/N-ethyl adjacent to an activating group) is 1. The third-order valence-corrected chi connectivity index (χ3v) is 5.36. The molecule has 0 spiro atoms. The molecule has 0 radical (unpaired) electrons. The Morgan fingerprint density at radius 2 is 1.62 bits per heavy atom. The fraction of sp³-hybridized carbons (Fsp3) is 0.818. The van der Waals surface area contributed by atoms with E-state index in [0.717, 1.165) is 10.2 Å². The van der Waals surface area contributed by atoms with Crippen molar-refractivity contribution in [3.63, 3.8) is 0 Å². The monoisotopic (exact) mass is 247 g/mol. The van der Waals surface area contributed by atoms with Crippen LogP contribution in [0.4, 0.5) is 0 Å². The Morgan fingerprint density at radius 1 is 1.19 bits per heavy atom. The maximum atomic E-state index is 5.70. The second-order valence-electron chi connectivity index (χ2n) is 4.31. The van der Waals surface area contributed by atoms with Gasteiger partial charge in [0.05, 0.1) is 16.3 Å². The quantitative estimate of drug-likeness (QED) is 0.355. The van der Waals surface area contributed by atoms with Gasteiger partial charge in [-0.05, 0) is 21.0 Å². The molecule has 16 heavy (non-hydrogen) atoms. The van der Waals surface area contributed by atoms with Gasteiger partial charge in [-0.2, -0.15) is 0 Å². The molecule has 0 aliphatic heterocycles. The highest BCUT2D eigenvalue weighted by atomic mass is 28.1. The van der Waals surface area contributed by atoms with Gasteiger partial charge in [0, 0.05) is 21.3 Å². The molecule has 0 amide bonds. The smallest absolute Gasteiger partial charge is 0.191 e. The molecule has 0 aliphatic carbocycles. The first kappa shape index (κ1) is 15.8. The van der Waals surface area contributed by atoms with Gasteiger partial charge in [-0.15, -0.1) is 6.58 Å². The molecule has 0 saturated heterocycles. The van der Waals surface area contributed by atoms with Gasteiger partial charge in [-0.3, -0.25) is 0 Å². The van der Waals surface area contributed by atoms with Crippen LogP contribution in [0.15, 0.2) is 12.7 Å². The van der Waals surface area contributed by atoms with Gasteiger partial charge in [0.2, 0.25) is 0 Å². The Morgan fingerprint density at radius 3 is 1.81 bits per heavy atom. The van der Waals surface area contributed by atoms with Crippen molar-refractivity contribution in [2.75, 3.05) is 35.4 Å². The summed E-state index contributed by atoms with van der Waals surface area (Å²) in [4.78, 5) is 2.06. The van der Waals surface area contributed by atoms with Crippen LogP contribution in [0.1, 0.15) is 6.92 Å². The molecule has 0 N–H and O–H groups in total. The maximum Gasteiger partial charge on any atom is 0.191 e. The van der Waals surface area contributed by atoms with Crippen LogP contribution < -0.4 is 0 Å². The lowest BCUT2D eigenvalue weighted by Crippen LogP contribution is -2.66. The molecule has 0 rings (SSSR count). The van der Waals surface area contributed by atoms with Crippen molar-refractivity contribution < 1.29 is 14.2 Å². The summed E-state index contributed by atoms with van der Waals surface area (Å²) in [6, 6.07) is 0.0362. The average Bonchev–Trinajstić information content (AvgIpc) is 2.27. The van der Waals surface area contributed by atoms with Crippen molar-refractivity contribution in [2.45, 2.75) is 24.0 Å². The van der Waals surface area contributed by atoms with Gasteiger partial charge in [0.25, 0.3) is 0 Å². The predicted octanol–water partition coefficient (Wildman–Crippen LogP) is -0.180. The van der Waals surface area contributed by atoms with E-state index in [1.807, 2.05) is 27.1 Å². The lowest BCUT2D eigenvalue weighted by molar-refractivity contribution is -0.278. The number of methoxy groups -OCH3 is 3. The minimum Gasteiger partial charge on any atom is -0.375 e. The van der Waals surface area contributed by atoms with Gasteiger partial charge >= 0.3 is 0 Å². The standard InChI is InChI=1S/C11H25NO3Si/c1-8-9(12(3)4)11(16,15-7)10(2,13-5)14-6/h8-9H,1H2,2-7,16H3. The Labute approximate surface area is 102 Å². The largest absolute Gasteiger partial charge is 0.375 e. The summed E-state index contributed by atoms with van der Waals surface area (Å²) in [5.41, 5.74) is 0. The highest BCUT2D eigenvalue weighted by Gasteiger charge is 2.51. The van der Waals surface area contributed by atoms with Crippen molar-refractivity contribution in [3.8, 4) is 0 Å². The summed E-state index contributed by atoms with van der Waals surface area (Å²) in [5.74, 6) is -0.781. The van der Waals surface area contributed by atoms with E-state index in [0.29, 0.717) is 0 Å². The van der Waals surface area contributed by atoms with Crippen LogP contribution in [0.25, 0.3) is 0 Å². The van der Waals surface area contributed by atoms with E-state index in [1.54, 1.807) is 21.3 Å². The Bertz CT molecular complexity index is 231. The van der Waals surface area contributed by atoms with Gasteiger partial charge in [-0.1, -0.05) is 6.08 Å². The van der Waals surface area contributed by atoms with Crippen molar-refractivity contribution >= 4 is 10.2 Å². The summed E-state index contributed by atoms with van der Waals surface area (Å²) in [7, 11) is 9.68. The van der Waals surface area contributed by atoms with Crippen LogP contribution in [-0.2, 0) is 14.2 Å². The molecule has 96 valence electrons. The first-order valence-corrected chi connectivity index (χ1v) is 6.27. The van der Waals surface area contributed by atoms with Crippen molar-refractivity contribution in [1.82, 2.24) is 4.90 Å². The molecule has 4 nitrogen and oxygen atoms in total. The number of nitrogens with zero attached hydrogens (tertiary/aromatic N) is 1. The molecular formula is C11H25NO3Si. The zero-order chi connectivity index (χ0) is 13.0. The van der Waals surface area contributed by atoms with Gasteiger partial charge in [0.1, 0.15) is 5.22 Å². The second-order valence-corrected chi connectivity index (χ2v) is 5.79. The zero-order valence-corrected chi connectivity index (χ0v) is 13.5. The molecule has 0 aromatic heterocycles. The molecule has 0 heterocycles. The minimum atomic E-state index is -0.781. The van der Waals surface area contributed by atoms with Gasteiger partial charge < -0.3 is 19.1 Å². The molecule has 5 heteroatoms. The fourth-order valence-corrected chi connectivity index (χ4v) is 3.15. The van der Waals surface area contributed by atoms with E-state index in [1.165, 1.54) is 0 Å². The SMILES string of the molecule is C=CC(N(C)C)C([SiH3])(OC)C(C)(OC)OC. The highest BCUT2D eigenvalue weighted by molar-refractivity contribution is 6.16. The zero-order valence-electron chi connectivity index (χ0n) is 11.5. The highest BCUT2D eigenvalue weighted by Crippen LogP contribution is 2.32. The molecular weight excluding hydrogens is 222 g/mol. The van der Waals surface area contributed by atoms with E-state index >= 15 is 0 Å². The Hall–Kier alpha value is -0.203. The minimum absolute atomic E-state index is 0.0362. The molecule has 0 aromatic rings. The van der Waals surface area contributed by atoms with Crippen LogP contribution in [0, 0.1) is 0 Å². The number of ether oxygens (including phenoxy) is 3. The van der Waals surface area contributed by atoms with E-state index < -0.39 is 11.0 Å². The average molecular weight is 247 g/mol. The lowest BCUT2D eigenvalue weighted by Gasteiger charge is -2.48. The molecule has 0 bridgehead atoms. The molecule has 0 aromatic carbocycles. The van der Waals surface area contributed by atoms with Crippen LogP contribution in [0.2, 0.25) is 0 Å². The van der Waals surface area contributed by atoms with E-state index in [4.69, 9.17) is 14.2 Å². The first-order chi connectivity index (χ1) is 7.32. The third-order valence-electron chi connectivity index (χ3n) is 3.45. The summed E-state index contributed by atoms with van der Waals surface area (Å²) in [6.45, 7) is 5.76. The lowest BCUT2D eigenvalue weighted by atomic mass is 10.0. The van der Waals surface area contributed by atoms with Crippen molar-refractivity contribution in [2.24, 2.45) is 0 Å². The van der Waals surface area contributed by atoms with E-state index in [-0.39, 0.29) is 6.04 Å². The summed E-state index contributed by atoms with van der Waals surface area (Å²) >= 11 is 0. The number of hydrogen-bond donors (Lipinski definition) is 0. The summed E-state index contributed by atoms with van der Waals surface area (Å²) in [5, 5.41) is -0.512.